The lowest BCUT2D eigenvalue weighted by atomic mass is 10.2. The van der Waals surface area contributed by atoms with Crippen molar-refractivity contribution in [3.8, 4) is 5.75 Å². The Hall–Kier alpha value is -2.54. The summed E-state index contributed by atoms with van der Waals surface area (Å²) < 4.78 is 10.4. The fraction of sp³-hybridized carbons (Fsp3) is 0.444. The van der Waals surface area contributed by atoms with Crippen molar-refractivity contribution in [1.82, 2.24) is 15.0 Å². The van der Waals surface area contributed by atoms with Gasteiger partial charge in [-0.2, -0.15) is 0 Å². The third-order valence-corrected chi connectivity index (χ3v) is 4.16. The number of ether oxygens (including phenoxy) is 1. The molecule has 1 aromatic carbocycles. The van der Waals surface area contributed by atoms with Crippen molar-refractivity contribution in [2.45, 2.75) is 20.4 Å². The maximum Gasteiger partial charge on any atom is 0.323 e. The first kappa shape index (κ1) is 17.3. The lowest BCUT2D eigenvalue weighted by molar-refractivity contribution is 0.143. The van der Waals surface area contributed by atoms with Gasteiger partial charge in [0.05, 0.1) is 6.61 Å². The molecule has 7 heteroatoms. The number of hydrogen-bond donors (Lipinski definition) is 1. The summed E-state index contributed by atoms with van der Waals surface area (Å²) in [5.74, 6) is 2.03. The molecule has 3 rings (SSSR count). The molecule has 1 fully saturated rings. The van der Waals surface area contributed by atoms with Crippen LogP contribution in [0.25, 0.3) is 0 Å². The molecule has 1 aliphatic heterocycles. The second-order valence-electron chi connectivity index (χ2n) is 6.09. The van der Waals surface area contributed by atoms with E-state index in [1.807, 2.05) is 19.1 Å². The van der Waals surface area contributed by atoms with E-state index >= 15 is 0 Å². The van der Waals surface area contributed by atoms with E-state index in [1.165, 1.54) is 5.56 Å². The van der Waals surface area contributed by atoms with E-state index in [4.69, 9.17) is 9.26 Å². The third kappa shape index (κ3) is 4.73. The van der Waals surface area contributed by atoms with Gasteiger partial charge in [0.25, 0.3) is 0 Å². The Labute approximate surface area is 147 Å². The number of nitrogens with one attached hydrogen (secondary N) is 1. The molecule has 7 nitrogen and oxygen atoms in total. The minimum Gasteiger partial charge on any atom is -0.494 e. The highest BCUT2D eigenvalue weighted by Gasteiger charge is 2.21. The molecule has 1 N–H and O–H groups in total. The number of urea groups is 1. The Morgan fingerprint density at radius 2 is 1.96 bits per heavy atom. The van der Waals surface area contributed by atoms with Crippen molar-refractivity contribution in [2.75, 3.05) is 38.1 Å². The average molecular weight is 344 g/mol. The second kappa shape index (κ2) is 8.02. The molecule has 1 saturated heterocycles. The zero-order chi connectivity index (χ0) is 17.6. The molecule has 0 aliphatic carbocycles. The van der Waals surface area contributed by atoms with Gasteiger partial charge in [-0.15, -0.1) is 0 Å². The molecule has 134 valence electrons. The Morgan fingerprint density at radius 1 is 1.24 bits per heavy atom. The van der Waals surface area contributed by atoms with Crippen molar-refractivity contribution in [1.29, 1.82) is 0 Å². The van der Waals surface area contributed by atoms with Crippen LogP contribution in [0.4, 0.5) is 10.6 Å². The van der Waals surface area contributed by atoms with Crippen molar-refractivity contribution in [3.63, 3.8) is 0 Å². The predicted octanol–water partition coefficient (Wildman–Crippen LogP) is 2.73. The number of carbonyl (C=O) groups is 1. The summed E-state index contributed by atoms with van der Waals surface area (Å²) in [6.45, 7) is 8.41. The van der Waals surface area contributed by atoms with E-state index < -0.39 is 0 Å². The summed E-state index contributed by atoms with van der Waals surface area (Å²) in [6.07, 6.45) is 0. The molecule has 0 spiro atoms. The van der Waals surface area contributed by atoms with Crippen LogP contribution in [0, 0.1) is 6.92 Å². The molecule has 2 amide bonds. The Morgan fingerprint density at radius 3 is 2.56 bits per heavy atom. The highest BCUT2D eigenvalue weighted by atomic mass is 16.5. The van der Waals surface area contributed by atoms with Crippen LogP contribution in [0.2, 0.25) is 0 Å². The number of rotatable bonds is 5. The molecule has 25 heavy (non-hydrogen) atoms. The minimum absolute atomic E-state index is 0.131. The molecule has 0 saturated carbocycles. The molecule has 0 atom stereocenters. The first-order valence-electron chi connectivity index (χ1n) is 8.57. The maximum atomic E-state index is 12.2. The van der Waals surface area contributed by atoms with E-state index in [1.54, 1.807) is 17.9 Å². The Bertz CT molecular complexity index is 691. The molecule has 2 aromatic rings. The maximum absolute atomic E-state index is 12.2. The highest BCUT2D eigenvalue weighted by molar-refractivity contribution is 5.88. The summed E-state index contributed by atoms with van der Waals surface area (Å²) in [5.41, 5.74) is 1.25. The van der Waals surface area contributed by atoms with Crippen LogP contribution in [0.1, 0.15) is 18.2 Å². The number of nitrogens with zero attached hydrogens (tertiary/aromatic N) is 3. The van der Waals surface area contributed by atoms with Crippen LogP contribution >= 0.6 is 0 Å². The number of anilines is 1. The van der Waals surface area contributed by atoms with Gasteiger partial charge in [0.2, 0.25) is 0 Å². The lowest BCUT2D eigenvalue weighted by Crippen LogP contribution is -2.49. The van der Waals surface area contributed by atoms with Crippen molar-refractivity contribution < 1.29 is 14.1 Å². The standard InChI is InChI=1S/C18H24N4O3/c1-3-24-16-6-4-15(5-7-16)13-21-8-10-22(11-9-21)18(23)19-17-12-14(2)25-20-17/h4-7,12H,3,8-11,13H2,1-2H3,(H,19,20,23). The first-order valence-corrected chi connectivity index (χ1v) is 8.57. The van der Waals surface area contributed by atoms with Gasteiger partial charge in [-0.1, -0.05) is 17.3 Å². The fourth-order valence-electron chi connectivity index (χ4n) is 2.84. The summed E-state index contributed by atoms with van der Waals surface area (Å²) in [7, 11) is 0. The predicted molar refractivity (Wildman–Crippen MR) is 94.7 cm³/mol. The van der Waals surface area contributed by atoms with Gasteiger partial charge in [-0.3, -0.25) is 10.2 Å². The van der Waals surface area contributed by atoms with E-state index in [9.17, 15) is 4.79 Å². The minimum atomic E-state index is -0.131. The van der Waals surface area contributed by atoms with Crippen LogP contribution in [0.5, 0.6) is 5.75 Å². The molecular formula is C18H24N4O3. The smallest absolute Gasteiger partial charge is 0.323 e. The van der Waals surface area contributed by atoms with Gasteiger partial charge in [-0.05, 0) is 31.5 Å². The summed E-state index contributed by atoms with van der Waals surface area (Å²) in [5, 5.41) is 6.55. The lowest BCUT2D eigenvalue weighted by Gasteiger charge is -2.34. The zero-order valence-corrected chi connectivity index (χ0v) is 14.7. The van der Waals surface area contributed by atoms with Crippen LogP contribution in [0.15, 0.2) is 34.9 Å². The fourth-order valence-corrected chi connectivity index (χ4v) is 2.84. The molecule has 1 aliphatic rings. The van der Waals surface area contributed by atoms with Crippen LogP contribution in [-0.4, -0.2) is 53.8 Å². The Balaban J connectivity index is 1.45. The molecule has 0 radical (unpaired) electrons. The number of piperazine rings is 1. The van der Waals surface area contributed by atoms with Crippen molar-refractivity contribution in [3.05, 3.63) is 41.7 Å². The number of aryl methyl sites for hydroxylation is 1. The zero-order valence-electron chi connectivity index (χ0n) is 14.7. The van der Waals surface area contributed by atoms with Crippen molar-refractivity contribution >= 4 is 11.8 Å². The van der Waals surface area contributed by atoms with E-state index in [2.05, 4.69) is 27.5 Å². The van der Waals surface area contributed by atoms with Crippen LogP contribution in [0.3, 0.4) is 0 Å². The first-order chi connectivity index (χ1) is 12.1. The Kier molecular flexibility index (Phi) is 5.55. The SMILES string of the molecule is CCOc1ccc(CN2CCN(C(=O)Nc3cc(C)on3)CC2)cc1. The number of benzene rings is 1. The molecule has 2 heterocycles. The van der Waals surface area contributed by atoms with E-state index in [0.29, 0.717) is 31.3 Å². The van der Waals surface area contributed by atoms with Gasteiger partial charge >= 0.3 is 6.03 Å². The van der Waals surface area contributed by atoms with Gasteiger partial charge in [-0.25, -0.2) is 4.79 Å². The molecule has 0 unspecified atom stereocenters. The quantitative estimate of drug-likeness (QED) is 0.903. The largest absolute Gasteiger partial charge is 0.494 e. The van der Waals surface area contributed by atoms with Gasteiger partial charge in [0, 0.05) is 38.8 Å². The number of hydrogen-bond acceptors (Lipinski definition) is 5. The van der Waals surface area contributed by atoms with E-state index in [0.717, 1.165) is 25.4 Å². The molecule has 1 aromatic heterocycles. The topological polar surface area (TPSA) is 70.8 Å². The average Bonchev–Trinajstić information content (AvgIpc) is 3.02. The number of carbonyl (C=O) groups excluding carboxylic acids is 1. The van der Waals surface area contributed by atoms with Gasteiger partial charge in [0.1, 0.15) is 11.5 Å². The van der Waals surface area contributed by atoms with Crippen LogP contribution in [-0.2, 0) is 6.54 Å². The summed E-state index contributed by atoms with van der Waals surface area (Å²) >= 11 is 0. The third-order valence-electron chi connectivity index (χ3n) is 4.16. The van der Waals surface area contributed by atoms with E-state index in [-0.39, 0.29) is 6.03 Å². The molecular weight excluding hydrogens is 320 g/mol. The highest BCUT2D eigenvalue weighted by Crippen LogP contribution is 2.15. The number of aromatic nitrogens is 1. The monoisotopic (exact) mass is 344 g/mol. The van der Waals surface area contributed by atoms with Gasteiger partial charge in [0.15, 0.2) is 5.82 Å². The second-order valence-corrected chi connectivity index (χ2v) is 6.09. The summed E-state index contributed by atoms with van der Waals surface area (Å²) in [6, 6.07) is 9.77. The number of amides is 2. The normalized spacial score (nSPS) is 15.2. The van der Waals surface area contributed by atoms with Crippen LogP contribution < -0.4 is 10.1 Å². The van der Waals surface area contributed by atoms with Gasteiger partial charge < -0.3 is 14.2 Å². The van der Waals surface area contributed by atoms with Crippen molar-refractivity contribution in [2.24, 2.45) is 0 Å². The molecule has 0 bridgehead atoms. The summed E-state index contributed by atoms with van der Waals surface area (Å²) in [4.78, 5) is 16.4.